The molecule has 46 heavy (non-hydrogen) atoms. The number of benzene rings is 2. The predicted molar refractivity (Wildman–Crippen MR) is 180 cm³/mol. The lowest BCUT2D eigenvalue weighted by Crippen LogP contribution is -2.25. The van der Waals surface area contributed by atoms with Crippen LogP contribution in [0.25, 0.3) is 16.9 Å². The summed E-state index contributed by atoms with van der Waals surface area (Å²) in [5.41, 5.74) is 6.62. The molecule has 0 spiro atoms. The molecule has 0 saturated heterocycles. The third-order valence-electron chi connectivity index (χ3n) is 8.84. The van der Waals surface area contributed by atoms with E-state index in [0.29, 0.717) is 29.5 Å². The minimum absolute atomic E-state index is 0.0228. The summed E-state index contributed by atoms with van der Waals surface area (Å²) in [5.74, 6) is 1.15. The normalized spacial score (nSPS) is 16.9. The van der Waals surface area contributed by atoms with E-state index in [0.717, 1.165) is 77.9 Å². The minimum Gasteiger partial charge on any atom is -0.493 e. The first kappa shape index (κ1) is 30.0. The van der Waals surface area contributed by atoms with Gasteiger partial charge in [-0.1, -0.05) is 25.1 Å². The second-order valence-electron chi connectivity index (χ2n) is 12.2. The summed E-state index contributed by atoms with van der Waals surface area (Å²) in [6.07, 6.45) is 9.25. The zero-order valence-corrected chi connectivity index (χ0v) is 27.0. The molecule has 2 atom stereocenters. The molecule has 2 aliphatic rings. The van der Waals surface area contributed by atoms with Gasteiger partial charge in [-0.3, -0.25) is 9.59 Å². The number of para-hydroxylation sites is 1. The maximum Gasteiger partial charge on any atom is 0.254 e. The smallest absolute Gasteiger partial charge is 0.254 e. The molecular formula is C37H38N4O4S. The summed E-state index contributed by atoms with van der Waals surface area (Å²) < 4.78 is 13.2. The summed E-state index contributed by atoms with van der Waals surface area (Å²) in [5, 5.41) is 11.9. The van der Waals surface area contributed by atoms with E-state index >= 15 is 0 Å². The largest absolute Gasteiger partial charge is 0.493 e. The van der Waals surface area contributed by atoms with Crippen molar-refractivity contribution in [2.45, 2.75) is 64.8 Å². The topological polar surface area (TPSA) is 98.4 Å². The Hall–Kier alpha value is -4.63. The van der Waals surface area contributed by atoms with Crippen molar-refractivity contribution in [3.63, 3.8) is 0 Å². The van der Waals surface area contributed by atoms with Gasteiger partial charge in [0, 0.05) is 34.0 Å². The fraction of sp³-hybridized carbons (Fsp3) is 0.324. The van der Waals surface area contributed by atoms with Crippen LogP contribution in [0.4, 0.5) is 5.00 Å². The zero-order valence-electron chi connectivity index (χ0n) is 26.2. The van der Waals surface area contributed by atoms with Gasteiger partial charge in [-0.2, -0.15) is 5.10 Å². The van der Waals surface area contributed by atoms with Crippen LogP contribution in [-0.4, -0.2) is 28.2 Å². The standard InChI is InChI=1S/C37H38N4O4S/c1-3-17-45-31-16-15-24(19-23(31)2)34-30(22-41(40-34)25-10-5-4-6-11-25)28-20-29(28)35(42)39-37-33(27-13-7-8-14-32(27)46-37)36(43)38-21-26-12-9-18-44-26/h4-6,9-12,15-16,18-19,22,28-29H,3,7-8,13-14,17,20-21H2,1-2H3,(H,38,43)(H,39,42). The highest BCUT2D eigenvalue weighted by atomic mass is 32.1. The van der Waals surface area contributed by atoms with E-state index in [9.17, 15) is 9.59 Å². The Bertz CT molecular complexity index is 1860. The number of thiophene rings is 1. The average Bonchev–Trinajstić information content (AvgIpc) is 3.38. The molecule has 3 aromatic heterocycles. The van der Waals surface area contributed by atoms with Crippen molar-refractivity contribution in [1.29, 1.82) is 0 Å². The number of fused-ring (bicyclic) bond motifs is 1. The summed E-state index contributed by atoms with van der Waals surface area (Å²) in [4.78, 5) is 28.5. The highest BCUT2D eigenvalue weighted by molar-refractivity contribution is 7.17. The molecule has 2 unspecified atom stereocenters. The average molecular weight is 635 g/mol. The molecule has 2 aromatic carbocycles. The van der Waals surface area contributed by atoms with Crippen molar-refractivity contribution < 1.29 is 18.7 Å². The quantitative estimate of drug-likeness (QED) is 0.154. The van der Waals surface area contributed by atoms with Gasteiger partial charge in [0.15, 0.2) is 0 Å². The Balaban J connectivity index is 1.15. The van der Waals surface area contributed by atoms with E-state index in [1.807, 2.05) is 47.1 Å². The number of rotatable bonds is 11. The summed E-state index contributed by atoms with van der Waals surface area (Å²) >= 11 is 1.55. The lowest BCUT2D eigenvalue weighted by molar-refractivity contribution is -0.117. The van der Waals surface area contributed by atoms with Gasteiger partial charge in [0.05, 0.1) is 36.4 Å². The van der Waals surface area contributed by atoms with E-state index < -0.39 is 0 Å². The molecule has 2 N–H and O–H groups in total. The van der Waals surface area contributed by atoms with Crippen LogP contribution in [0.3, 0.4) is 0 Å². The molecule has 0 radical (unpaired) electrons. The van der Waals surface area contributed by atoms with E-state index in [4.69, 9.17) is 14.3 Å². The van der Waals surface area contributed by atoms with Crippen LogP contribution < -0.4 is 15.4 Å². The molecule has 1 saturated carbocycles. The van der Waals surface area contributed by atoms with Crippen LogP contribution in [0.15, 0.2) is 77.5 Å². The molecule has 0 bridgehead atoms. The Morgan fingerprint density at radius 2 is 1.93 bits per heavy atom. The van der Waals surface area contributed by atoms with Gasteiger partial charge in [-0.25, -0.2) is 4.68 Å². The highest BCUT2D eigenvalue weighted by Gasteiger charge is 2.46. The molecule has 2 aliphatic carbocycles. The Morgan fingerprint density at radius 1 is 1.09 bits per heavy atom. The molecule has 2 amide bonds. The van der Waals surface area contributed by atoms with Crippen molar-refractivity contribution in [1.82, 2.24) is 15.1 Å². The number of aryl methyl sites for hydroxylation is 2. The number of nitrogens with one attached hydrogen (secondary N) is 2. The zero-order chi connectivity index (χ0) is 31.6. The molecule has 3 heterocycles. The number of hydrogen-bond acceptors (Lipinski definition) is 6. The number of ether oxygens (including phenoxy) is 1. The maximum atomic E-state index is 13.8. The predicted octanol–water partition coefficient (Wildman–Crippen LogP) is 7.84. The van der Waals surface area contributed by atoms with Gasteiger partial charge in [-0.15, -0.1) is 11.3 Å². The first-order chi connectivity index (χ1) is 22.5. The van der Waals surface area contributed by atoms with Crippen LogP contribution in [0.1, 0.15) is 76.2 Å². The van der Waals surface area contributed by atoms with Crippen molar-refractivity contribution in [2.24, 2.45) is 5.92 Å². The van der Waals surface area contributed by atoms with Crippen LogP contribution >= 0.6 is 11.3 Å². The first-order valence-corrected chi connectivity index (χ1v) is 17.0. The second-order valence-corrected chi connectivity index (χ2v) is 13.3. The summed E-state index contributed by atoms with van der Waals surface area (Å²) in [6, 6.07) is 19.9. The maximum absolute atomic E-state index is 13.8. The van der Waals surface area contributed by atoms with Crippen molar-refractivity contribution in [3.05, 3.63) is 106 Å². The number of nitrogens with zero attached hydrogens (tertiary/aromatic N) is 2. The van der Waals surface area contributed by atoms with Gasteiger partial charge in [-0.05, 0) is 99.0 Å². The number of furan rings is 1. The van der Waals surface area contributed by atoms with Gasteiger partial charge in [0.1, 0.15) is 16.5 Å². The first-order valence-electron chi connectivity index (χ1n) is 16.1. The minimum atomic E-state index is -0.210. The molecule has 0 aliphatic heterocycles. The van der Waals surface area contributed by atoms with Gasteiger partial charge in [0.2, 0.25) is 5.91 Å². The molecule has 5 aromatic rings. The fourth-order valence-electron chi connectivity index (χ4n) is 6.36. The molecule has 1 fully saturated rings. The summed E-state index contributed by atoms with van der Waals surface area (Å²) in [7, 11) is 0. The van der Waals surface area contributed by atoms with Gasteiger partial charge >= 0.3 is 0 Å². The molecule has 8 nitrogen and oxygen atoms in total. The third kappa shape index (κ3) is 6.11. The van der Waals surface area contributed by atoms with E-state index in [2.05, 4.69) is 42.8 Å². The highest BCUT2D eigenvalue weighted by Crippen LogP contribution is 2.51. The van der Waals surface area contributed by atoms with Gasteiger partial charge in [0.25, 0.3) is 5.91 Å². The second kappa shape index (κ2) is 13.0. The summed E-state index contributed by atoms with van der Waals surface area (Å²) in [6.45, 7) is 5.12. The molecular weight excluding hydrogens is 596 g/mol. The van der Waals surface area contributed by atoms with Crippen LogP contribution in [-0.2, 0) is 24.2 Å². The Morgan fingerprint density at radius 3 is 2.72 bits per heavy atom. The number of carbonyl (C=O) groups excluding carboxylic acids is 2. The van der Waals surface area contributed by atoms with E-state index in [1.165, 1.54) is 4.88 Å². The number of anilines is 1. The lowest BCUT2D eigenvalue weighted by Gasteiger charge is -2.13. The van der Waals surface area contributed by atoms with Crippen molar-refractivity contribution >= 4 is 28.2 Å². The van der Waals surface area contributed by atoms with E-state index in [1.54, 1.807) is 23.7 Å². The monoisotopic (exact) mass is 634 g/mol. The number of aromatic nitrogens is 2. The van der Waals surface area contributed by atoms with Crippen LogP contribution in [0.5, 0.6) is 5.75 Å². The van der Waals surface area contributed by atoms with Gasteiger partial charge < -0.3 is 19.8 Å². The lowest BCUT2D eigenvalue weighted by atomic mass is 9.95. The molecule has 236 valence electrons. The number of carbonyl (C=O) groups is 2. The van der Waals surface area contributed by atoms with Crippen LogP contribution in [0, 0.1) is 12.8 Å². The third-order valence-corrected chi connectivity index (χ3v) is 10.0. The Labute approximate surface area is 272 Å². The number of hydrogen-bond donors (Lipinski definition) is 2. The van der Waals surface area contributed by atoms with Crippen molar-refractivity contribution in [3.8, 4) is 22.7 Å². The van der Waals surface area contributed by atoms with E-state index in [-0.39, 0.29) is 23.7 Å². The SMILES string of the molecule is CCCOc1ccc(-c2nn(-c3ccccc3)cc2C2CC2C(=O)Nc2sc3c(c2C(=O)NCc2ccco2)CCCC3)cc1C. The Kier molecular flexibility index (Phi) is 8.49. The van der Waals surface area contributed by atoms with Crippen LogP contribution in [0.2, 0.25) is 0 Å². The molecule has 9 heteroatoms. The number of amides is 2. The molecule has 7 rings (SSSR count). The fourth-order valence-corrected chi connectivity index (χ4v) is 7.65. The van der Waals surface area contributed by atoms with Crippen molar-refractivity contribution in [2.75, 3.05) is 11.9 Å².